The third kappa shape index (κ3) is 3.17. The molecule has 1 nitrogen and oxygen atoms in total. The lowest BCUT2D eigenvalue weighted by Crippen LogP contribution is -2.10. The van der Waals surface area contributed by atoms with E-state index in [0.717, 1.165) is 17.3 Å². The number of aryl methyl sites for hydroxylation is 1. The van der Waals surface area contributed by atoms with Crippen molar-refractivity contribution in [3.05, 3.63) is 56.7 Å². The molecule has 0 radical (unpaired) electrons. The van der Waals surface area contributed by atoms with E-state index in [1.165, 1.54) is 11.1 Å². The van der Waals surface area contributed by atoms with Crippen LogP contribution in [0.2, 0.25) is 0 Å². The van der Waals surface area contributed by atoms with Gasteiger partial charge < -0.3 is 5.73 Å². The third-order valence-corrected chi connectivity index (χ3v) is 3.88. The Hall–Kier alpha value is -0.640. The fourth-order valence-electron chi connectivity index (χ4n) is 1.63. The first-order valence-corrected chi connectivity index (χ1v) is 7.01. The summed E-state index contributed by atoms with van der Waals surface area (Å²) in [5.74, 6) is 0. The Bertz CT molecular complexity index is 422. The number of hydrogen-bond donors (Lipinski definition) is 1. The number of hydrogen-bond acceptors (Lipinski definition) is 2. The molecule has 2 N–H and O–H groups in total. The molecular weight excluding hydrogens is 282 g/mol. The summed E-state index contributed by atoms with van der Waals surface area (Å²) in [5.41, 5.74) is 8.74. The lowest BCUT2D eigenvalue weighted by atomic mass is 10.0. The summed E-state index contributed by atoms with van der Waals surface area (Å²) < 4.78 is 1.10. The van der Waals surface area contributed by atoms with Gasteiger partial charge in [0.05, 0.1) is 0 Å². The van der Waals surface area contributed by atoms with Gasteiger partial charge in [-0.05, 0) is 52.9 Å². The van der Waals surface area contributed by atoms with Crippen LogP contribution in [0.5, 0.6) is 0 Å². The van der Waals surface area contributed by atoms with Gasteiger partial charge in [-0.1, -0.05) is 28.1 Å². The molecule has 2 rings (SSSR count). The second-order valence-electron chi connectivity index (χ2n) is 3.83. The molecule has 0 fully saturated rings. The normalized spacial score (nSPS) is 12.6. The zero-order valence-corrected chi connectivity index (χ0v) is 11.3. The van der Waals surface area contributed by atoms with E-state index >= 15 is 0 Å². The minimum absolute atomic E-state index is 0.132. The molecule has 84 valence electrons. The van der Waals surface area contributed by atoms with E-state index < -0.39 is 0 Å². The molecule has 0 aliphatic heterocycles. The second kappa shape index (κ2) is 5.62. The van der Waals surface area contributed by atoms with Crippen LogP contribution >= 0.6 is 27.3 Å². The van der Waals surface area contributed by atoms with Gasteiger partial charge in [-0.15, -0.1) is 0 Å². The quantitative estimate of drug-likeness (QED) is 0.901. The molecule has 0 saturated heterocycles. The molecule has 3 heteroatoms. The van der Waals surface area contributed by atoms with E-state index in [-0.39, 0.29) is 6.04 Å². The number of nitrogens with two attached hydrogens (primary N) is 1. The Kier molecular flexibility index (Phi) is 4.16. The lowest BCUT2D eigenvalue weighted by Gasteiger charge is -2.11. The summed E-state index contributed by atoms with van der Waals surface area (Å²) in [6.45, 7) is 0. The Balaban J connectivity index is 1.93. The molecule has 0 spiro atoms. The molecule has 1 aromatic carbocycles. The predicted molar refractivity (Wildman–Crippen MR) is 73.7 cm³/mol. The molecule has 0 saturated carbocycles. The first kappa shape index (κ1) is 11.8. The Morgan fingerprint density at radius 3 is 2.56 bits per heavy atom. The largest absolute Gasteiger partial charge is 0.324 e. The molecule has 0 bridgehead atoms. The zero-order valence-electron chi connectivity index (χ0n) is 8.90. The molecule has 1 unspecified atom stereocenters. The maximum Gasteiger partial charge on any atom is 0.0298 e. The summed E-state index contributed by atoms with van der Waals surface area (Å²) >= 11 is 5.17. The summed E-state index contributed by atoms with van der Waals surface area (Å²) in [4.78, 5) is 0. The van der Waals surface area contributed by atoms with Crippen LogP contribution < -0.4 is 5.73 Å². The van der Waals surface area contributed by atoms with Gasteiger partial charge in [0.2, 0.25) is 0 Å². The highest BCUT2D eigenvalue weighted by molar-refractivity contribution is 9.10. The maximum absolute atomic E-state index is 6.15. The van der Waals surface area contributed by atoms with Gasteiger partial charge in [-0.2, -0.15) is 11.3 Å². The van der Waals surface area contributed by atoms with Crippen molar-refractivity contribution < 1.29 is 0 Å². The van der Waals surface area contributed by atoms with Gasteiger partial charge in [-0.3, -0.25) is 0 Å². The number of halogens is 1. The fourth-order valence-corrected chi connectivity index (χ4v) is 2.60. The van der Waals surface area contributed by atoms with E-state index in [9.17, 15) is 0 Å². The second-order valence-corrected chi connectivity index (χ2v) is 5.52. The predicted octanol–water partition coefficient (Wildman–Crippen LogP) is 4.14. The SMILES string of the molecule is NC(CCc1ccsc1)c1ccc(Br)cc1. The summed E-state index contributed by atoms with van der Waals surface area (Å²) in [6.07, 6.45) is 2.05. The van der Waals surface area contributed by atoms with Crippen molar-refractivity contribution in [2.45, 2.75) is 18.9 Å². The van der Waals surface area contributed by atoms with Crippen molar-refractivity contribution >= 4 is 27.3 Å². The summed E-state index contributed by atoms with van der Waals surface area (Å²) in [5, 5.41) is 4.30. The van der Waals surface area contributed by atoms with E-state index in [1.54, 1.807) is 11.3 Å². The van der Waals surface area contributed by atoms with Gasteiger partial charge in [0, 0.05) is 10.5 Å². The number of benzene rings is 1. The highest BCUT2D eigenvalue weighted by atomic mass is 79.9. The topological polar surface area (TPSA) is 26.0 Å². The van der Waals surface area contributed by atoms with Crippen LogP contribution in [0.4, 0.5) is 0 Å². The highest BCUT2D eigenvalue weighted by Crippen LogP contribution is 2.20. The van der Waals surface area contributed by atoms with Crippen LogP contribution in [0.3, 0.4) is 0 Å². The third-order valence-electron chi connectivity index (χ3n) is 2.62. The van der Waals surface area contributed by atoms with E-state index in [2.05, 4.69) is 44.9 Å². The minimum Gasteiger partial charge on any atom is -0.324 e. The van der Waals surface area contributed by atoms with Gasteiger partial charge in [0.25, 0.3) is 0 Å². The smallest absolute Gasteiger partial charge is 0.0298 e. The van der Waals surface area contributed by atoms with Gasteiger partial charge in [-0.25, -0.2) is 0 Å². The van der Waals surface area contributed by atoms with Crippen molar-refractivity contribution in [2.24, 2.45) is 5.73 Å². The Morgan fingerprint density at radius 1 is 1.19 bits per heavy atom. The van der Waals surface area contributed by atoms with Crippen LogP contribution in [0.15, 0.2) is 45.6 Å². The van der Waals surface area contributed by atoms with Gasteiger partial charge >= 0.3 is 0 Å². The lowest BCUT2D eigenvalue weighted by molar-refractivity contribution is 0.652. The van der Waals surface area contributed by atoms with Crippen LogP contribution in [-0.4, -0.2) is 0 Å². The summed E-state index contributed by atoms with van der Waals surface area (Å²) in [7, 11) is 0. The Morgan fingerprint density at radius 2 is 1.94 bits per heavy atom. The van der Waals surface area contributed by atoms with Crippen molar-refractivity contribution in [2.75, 3.05) is 0 Å². The van der Waals surface area contributed by atoms with Gasteiger partial charge in [0.1, 0.15) is 0 Å². The highest BCUT2D eigenvalue weighted by Gasteiger charge is 2.06. The molecule has 0 aliphatic carbocycles. The van der Waals surface area contributed by atoms with Crippen molar-refractivity contribution in [1.82, 2.24) is 0 Å². The van der Waals surface area contributed by atoms with Crippen LogP contribution in [0.1, 0.15) is 23.6 Å². The van der Waals surface area contributed by atoms with Crippen LogP contribution in [-0.2, 0) is 6.42 Å². The molecule has 2 aromatic rings. The Labute approximate surface area is 108 Å². The van der Waals surface area contributed by atoms with E-state index in [4.69, 9.17) is 5.73 Å². The van der Waals surface area contributed by atoms with Crippen molar-refractivity contribution in [3.63, 3.8) is 0 Å². The first-order valence-electron chi connectivity index (χ1n) is 5.28. The fraction of sp³-hybridized carbons (Fsp3) is 0.231. The van der Waals surface area contributed by atoms with Crippen molar-refractivity contribution in [1.29, 1.82) is 0 Å². The van der Waals surface area contributed by atoms with E-state index in [0.29, 0.717) is 0 Å². The minimum atomic E-state index is 0.132. The van der Waals surface area contributed by atoms with Crippen LogP contribution in [0.25, 0.3) is 0 Å². The van der Waals surface area contributed by atoms with E-state index in [1.807, 2.05) is 12.1 Å². The number of thiophene rings is 1. The number of rotatable bonds is 4. The van der Waals surface area contributed by atoms with Crippen molar-refractivity contribution in [3.8, 4) is 0 Å². The monoisotopic (exact) mass is 295 g/mol. The van der Waals surface area contributed by atoms with Gasteiger partial charge in [0.15, 0.2) is 0 Å². The van der Waals surface area contributed by atoms with Crippen LogP contribution in [0, 0.1) is 0 Å². The average Bonchev–Trinajstić information content (AvgIpc) is 2.80. The molecule has 1 atom stereocenters. The average molecular weight is 296 g/mol. The molecular formula is C13H14BrNS. The first-order chi connectivity index (χ1) is 7.75. The maximum atomic E-state index is 6.15. The molecule has 1 aromatic heterocycles. The summed E-state index contributed by atoms with van der Waals surface area (Å²) in [6, 6.07) is 10.6. The molecule has 0 amide bonds. The molecule has 1 heterocycles. The zero-order chi connectivity index (χ0) is 11.4. The standard InChI is InChI=1S/C13H14BrNS/c14-12-4-2-11(3-5-12)13(15)6-1-10-7-8-16-9-10/h2-5,7-9,13H,1,6,15H2. The molecule has 0 aliphatic rings. The molecule has 16 heavy (non-hydrogen) atoms.